The van der Waals surface area contributed by atoms with Crippen molar-refractivity contribution < 1.29 is 0 Å². The van der Waals surface area contributed by atoms with Crippen LogP contribution in [0.1, 0.15) is 24.8 Å². The molecule has 2 aromatic rings. The maximum atomic E-state index is 6.08. The van der Waals surface area contributed by atoms with Gasteiger partial charge in [0.1, 0.15) is 0 Å². The van der Waals surface area contributed by atoms with Gasteiger partial charge in [-0.2, -0.15) is 0 Å². The fourth-order valence-electron chi connectivity index (χ4n) is 1.96. The summed E-state index contributed by atoms with van der Waals surface area (Å²) in [4.78, 5) is 8.45. The summed E-state index contributed by atoms with van der Waals surface area (Å²) in [5.41, 5.74) is 8.44. The van der Waals surface area contributed by atoms with Crippen LogP contribution < -0.4 is 5.73 Å². The van der Waals surface area contributed by atoms with Gasteiger partial charge in [-0.3, -0.25) is 9.97 Å². The number of pyridine rings is 2. The van der Waals surface area contributed by atoms with Gasteiger partial charge in [-0.1, -0.05) is 0 Å². The molecule has 0 saturated heterocycles. The maximum absolute atomic E-state index is 6.08. The van der Waals surface area contributed by atoms with E-state index < -0.39 is 0 Å². The molecule has 1 aliphatic rings. The summed E-state index contributed by atoms with van der Waals surface area (Å²) in [7, 11) is 0. The molecule has 0 amide bonds. The highest BCUT2D eigenvalue weighted by Gasteiger charge is 2.37. The molecule has 0 aromatic carbocycles. The van der Waals surface area contributed by atoms with Gasteiger partial charge < -0.3 is 5.73 Å². The van der Waals surface area contributed by atoms with E-state index in [-0.39, 0.29) is 5.54 Å². The van der Waals surface area contributed by atoms with E-state index in [9.17, 15) is 0 Å². The van der Waals surface area contributed by atoms with Crippen LogP contribution in [0, 0.1) is 0 Å². The van der Waals surface area contributed by atoms with E-state index in [0.29, 0.717) is 0 Å². The SMILES string of the molecule is NC1(CCc2cnc3cnccc3c2)CC1. The summed E-state index contributed by atoms with van der Waals surface area (Å²) in [5.74, 6) is 0. The van der Waals surface area contributed by atoms with Crippen LogP contribution in [0.5, 0.6) is 0 Å². The van der Waals surface area contributed by atoms with Crippen molar-refractivity contribution in [3.05, 3.63) is 36.3 Å². The summed E-state index contributed by atoms with van der Waals surface area (Å²) < 4.78 is 0. The lowest BCUT2D eigenvalue weighted by Crippen LogP contribution is -2.22. The molecular weight excluding hydrogens is 198 g/mol. The minimum Gasteiger partial charge on any atom is -0.325 e. The molecule has 1 aliphatic carbocycles. The number of fused-ring (bicyclic) bond motifs is 1. The highest BCUT2D eigenvalue weighted by molar-refractivity contribution is 5.77. The zero-order valence-corrected chi connectivity index (χ0v) is 9.19. The highest BCUT2D eigenvalue weighted by Crippen LogP contribution is 2.36. The van der Waals surface area contributed by atoms with Gasteiger partial charge >= 0.3 is 0 Å². The van der Waals surface area contributed by atoms with Gasteiger partial charge in [0.05, 0.1) is 11.7 Å². The first-order valence-electron chi connectivity index (χ1n) is 5.73. The Balaban J connectivity index is 1.81. The molecule has 3 heteroatoms. The Hall–Kier alpha value is -1.48. The van der Waals surface area contributed by atoms with E-state index >= 15 is 0 Å². The van der Waals surface area contributed by atoms with Crippen molar-refractivity contribution >= 4 is 10.9 Å². The highest BCUT2D eigenvalue weighted by atomic mass is 14.8. The average Bonchev–Trinajstić information content (AvgIpc) is 3.05. The molecule has 16 heavy (non-hydrogen) atoms. The van der Waals surface area contributed by atoms with Gasteiger partial charge in [0, 0.05) is 23.3 Å². The van der Waals surface area contributed by atoms with Crippen molar-refractivity contribution in [3.8, 4) is 0 Å². The lowest BCUT2D eigenvalue weighted by atomic mass is 10.0. The predicted octanol–water partition coefficient (Wildman–Crippen LogP) is 2.05. The second kappa shape index (κ2) is 3.52. The minimum atomic E-state index is 0.132. The number of nitrogens with zero attached hydrogens (tertiary/aromatic N) is 2. The summed E-state index contributed by atoms with van der Waals surface area (Å²) >= 11 is 0. The Kier molecular flexibility index (Phi) is 2.14. The number of aryl methyl sites for hydroxylation is 1. The van der Waals surface area contributed by atoms with Gasteiger partial charge in [-0.05, 0) is 43.4 Å². The van der Waals surface area contributed by atoms with E-state index in [0.717, 1.165) is 23.7 Å². The van der Waals surface area contributed by atoms with Crippen molar-refractivity contribution in [3.63, 3.8) is 0 Å². The van der Waals surface area contributed by atoms with Gasteiger partial charge in [0.25, 0.3) is 0 Å². The van der Waals surface area contributed by atoms with Crippen molar-refractivity contribution in [2.24, 2.45) is 5.73 Å². The molecule has 2 heterocycles. The Morgan fingerprint density at radius 3 is 3.00 bits per heavy atom. The second-order valence-corrected chi connectivity index (χ2v) is 4.77. The van der Waals surface area contributed by atoms with E-state index in [2.05, 4.69) is 16.0 Å². The number of hydrogen-bond donors (Lipinski definition) is 1. The van der Waals surface area contributed by atoms with Crippen LogP contribution >= 0.6 is 0 Å². The van der Waals surface area contributed by atoms with Crippen LogP contribution in [0.4, 0.5) is 0 Å². The summed E-state index contributed by atoms with van der Waals surface area (Å²) in [6.45, 7) is 0. The third kappa shape index (κ3) is 1.91. The molecule has 0 atom stereocenters. The molecule has 2 N–H and O–H groups in total. The molecule has 3 rings (SSSR count). The smallest absolute Gasteiger partial charge is 0.0885 e. The van der Waals surface area contributed by atoms with Gasteiger partial charge in [0.2, 0.25) is 0 Å². The zero-order valence-electron chi connectivity index (χ0n) is 9.19. The molecule has 3 nitrogen and oxygen atoms in total. The summed E-state index contributed by atoms with van der Waals surface area (Å²) in [5, 5.41) is 1.16. The number of nitrogens with two attached hydrogens (primary N) is 1. The molecule has 1 saturated carbocycles. The van der Waals surface area contributed by atoms with Crippen LogP contribution in [0.25, 0.3) is 10.9 Å². The Morgan fingerprint density at radius 1 is 1.31 bits per heavy atom. The second-order valence-electron chi connectivity index (χ2n) is 4.77. The first-order chi connectivity index (χ1) is 7.75. The molecule has 0 radical (unpaired) electrons. The van der Waals surface area contributed by atoms with Crippen molar-refractivity contribution in [2.45, 2.75) is 31.2 Å². The average molecular weight is 213 g/mol. The maximum Gasteiger partial charge on any atom is 0.0885 e. The topological polar surface area (TPSA) is 51.8 Å². The van der Waals surface area contributed by atoms with Crippen LogP contribution in [-0.2, 0) is 6.42 Å². The van der Waals surface area contributed by atoms with Crippen LogP contribution in [-0.4, -0.2) is 15.5 Å². The van der Waals surface area contributed by atoms with E-state index in [1.807, 2.05) is 12.3 Å². The van der Waals surface area contributed by atoms with E-state index in [1.165, 1.54) is 18.4 Å². The first-order valence-corrected chi connectivity index (χ1v) is 5.73. The molecule has 1 fully saturated rings. The lowest BCUT2D eigenvalue weighted by molar-refractivity contribution is 0.609. The number of aromatic nitrogens is 2. The first kappa shape index (κ1) is 9.73. The van der Waals surface area contributed by atoms with Crippen molar-refractivity contribution in [1.82, 2.24) is 9.97 Å². The van der Waals surface area contributed by atoms with Crippen molar-refractivity contribution in [1.29, 1.82) is 0 Å². The monoisotopic (exact) mass is 213 g/mol. The molecule has 0 bridgehead atoms. The summed E-state index contributed by atoms with van der Waals surface area (Å²) in [6.07, 6.45) is 10.0. The fourth-order valence-corrected chi connectivity index (χ4v) is 1.96. The molecule has 0 spiro atoms. The Labute approximate surface area is 94.7 Å². The van der Waals surface area contributed by atoms with Gasteiger partial charge in [-0.15, -0.1) is 0 Å². The normalized spacial score (nSPS) is 17.6. The largest absolute Gasteiger partial charge is 0.325 e. The minimum absolute atomic E-state index is 0.132. The molecular formula is C13H15N3. The van der Waals surface area contributed by atoms with E-state index in [4.69, 9.17) is 5.73 Å². The van der Waals surface area contributed by atoms with Gasteiger partial charge in [0.15, 0.2) is 0 Å². The van der Waals surface area contributed by atoms with Crippen molar-refractivity contribution in [2.75, 3.05) is 0 Å². The summed E-state index contributed by atoms with van der Waals surface area (Å²) in [6, 6.07) is 4.19. The quantitative estimate of drug-likeness (QED) is 0.849. The van der Waals surface area contributed by atoms with Crippen LogP contribution in [0.2, 0.25) is 0 Å². The molecule has 0 aliphatic heterocycles. The van der Waals surface area contributed by atoms with Crippen LogP contribution in [0.15, 0.2) is 30.7 Å². The number of rotatable bonds is 3. The lowest BCUT2D eigenvalue weighted by Gasteiger charge is -2.08. The third-order valence-corrected chi connectivity index (χ3v) is 3.35. The molecule has 0 unspecified atom stereocenters. The Bertz CT molecular complexity index is 517. The number of hydrogen-bond acceptors (Lipinski definition) is 3. The fraction of sp³-hybridized carbons (Fsp3) is 0.385. The molecule has 82 valence electrons. The standard InChI is InChI=1S/C13H15N3/c14-13(4-5-13)3-1-10-7-11-2-6-15-9-12(11)16-8-10/h2,6-9H,1,3-5,14H2. The van der Waals surface area contributed by atoms with Crippen LogP contribution in [0.3, 0.4) is 0 Å². The predicted molar refractivity (Wildman–Crippen MR) is 64.0 cm³/mol. The zero-order chi connectivity index (χ0) is 11.0. The van der Waals surface area contributed by atoms with Gasteiger partial charge in [-0.25, -0.2) is 0 Å². The molecule has 2 aromatic heterocycles. The Morgan fingerprint density at radius 2 is 2.19 bits per heavy atom. The third-order valence-electron chi connectivity index (χ3n) is 3.35. The van der Waals surface area contributed by atoms with E-state index in [1.54, 1.807) is 12.4 Å².